The molecule has 0 bridgehead atoms. The Labute approximate surface area is 205 Å². The van der Waals surface area contributed by atoms with Crippen molar-refractivity contribution in [3.05, 3.63) is 52.8 Å². The number of nitrogens with one attached hydrogen (secondary N) is 1. The number of aliphatic hydroxyl groups is 1. The number of carbonyl (C=O) groups is 2. The summed E-state index contributed by atoms with van der Waals surface area (Å²) in [6.07, 6.45) is 2.51. The normalized spacial score (nSPS) is 16.1. The van der Waals surface area contributed by atoms with E-state index in [1.807, 2.05) is 59.0 Å². The van der Waals surface area contributed by atoms with Crippen LogP contribution in [0.25, 0.3) is 16.9 Å². The van der Waals surface area contributed by atoms with E-state index in [0.717, 1.165) is 33.7 Å². The van der Waals surface area contributed by atoms with Crippen LogP contribution in [0.2, 0.25) is 0 Å². The fourth-order valence-electron chi connectivity index (χ4n) is 4.32. The minimum Gasteiger partial charge on any atom is -0.444 e. The molecule has 1 fully saturated rings. The minimum atomic E-state index is -0.562. The third-order valence-corrected chi connectivity index (χ3v) is 5.93. The van der Waals surface area contributed by atoms with Crippen LogP contribution in [0.15, 0.2) is 30.5 Å². The van der Waals surface area contributed by atoms with Gasteiger partial charge >= 0.3 is 6.09 Å². The fourth-order valence-corrected chi connectivity index (χ4v) is 4.32. The number of amides is 2. The minimum absolute atomic E-state index is 0.0776. The number of ether oxygens (including phenoxy) is 1. The van der Waals surface area contributed by atoms with Crippen LogP contribution < -0.4 is 5.32 Å². The molecule has 4 rings (SSSR count). The first-order chi connectivity index (χ1) is 16.5. The van der Waals surface area contributed by atoms with Crippen LogP contribution in [-0.2, 0) is 11.2 Å². The summed E-state index contributed by atoms with van der Waals surface area (Å²) in [7, 11) is 0. The van der Waals surface area contributed by atoms with Crippen molar-refractivity contribution in [1.82, 2.24) is 24.8 Å². The average molecular weight is 480 g/mol. The number of likely N-dealkylation sites (tertiary alicyclic amines) is 1. The Kier molecular flexibility index (Phi) is 6.80. The second-order valence-electron chi connectivity index (χ2n) is 10.1. The molecule has 35 heavy (non-hydrogen) atoms. The van der Waals surface area contributed by atoms with E-state index in [1.165, 1.54) is 0 Å². The number of nitrogens with zero attached hydrogens (tertiary/aromatic N) is 4. The van der Waals surface area contributed by atoms with E-state index in [9.17, 15) is 14.7 Å². The van der Waals surface area contributed by atoms with Gasteiger partial charge in [-0.05, 0) is 76.8 Å². The molecule has 0 aliphatic carbocycles. The molecule has 1 unspecified atom stereocenters. The summed E-state index contributed by atoms with van der Waals surface area (Å²) >= 11 is 0. The summed E-state index contributed by atoms with van der Waals surface area (Å²) in [6, 6.07) is 7.37. The zero-order valence-corrected chi connectivity index (χ0v) is 21.0. The van der Waals surface area contributed by atoms with E-state index in [4.69, 9.17) is 4.74 Å². The lowest BCUT2D eigenvalue weighted by Gasteiger charge is -2.24. The van der Waals surface area contributed by atoms with Crippen molar-refractivity contribution >= 4 is 17.6 Å². The van der Waals surface area contributed by atoms with Gasteiger partial charge in [-0.25, -0.2) is 14.3 Å². The maximum absolute atomic E-state index is 13.1. The maximum Gasteiger partial charge on any atom is 0.410 e. The first-order valence-electron chi connectivity index (χ1n) is 11.9. The highest BCUT2D eigenvalue weighted by Crippen LogP contribution is 2.24. The summed E-state index contributed by atoms with van der Waals surface area (Å²) in [5, 5.41) is 17.3. The molecule has 2 N–H and O–H groups in total. The highest BCUT2D eigenvalue weighted by atomic mass is 16.6. The standard InChI is InChI=1S/C26H33N5O4/c1-16-12-22(29-31-14-17(2)27-23(16)31)19-6-7-21(18(13-19)9-11-32)24(33)28-20-8-10-30(15-20)25(34)35-26(3,4)5/h6-7,12-14,20,32H,8-11,15H2,1-5H3,(H,28,33). The van der Waals surface area contributed by atoms with Gasteiger partial charge in [-0.3, -0.25) is 4.79 Å². The predicted molar refractivity (Wildman–Crippen MR) is 132 cm³/mol. The number of hydrogen-bond acceptors (Lipinski definition) is 6. The van der Waals surface area contributed by atoms with Gasteiger partial charge in [-0.2, -0.15) is 5.10 Å². The van der Waals surface area contributed by atoms with E-state index >= 15 is 0 Å². The lowest BCUT2D eigenvalue weighted by Crippen LogP contribution is -2.40. The highest BCUT2D eigenvalue weighted by molar-refractivity contribution is 5.96. The van der Waals surface area contributed by atoms with E-state index in [1.54, 1.807) is 15.5 Å². The molecule has 3 heterocycles. The first kappa shape index (κ1) is 24.7. The molecule has 1 aromatic carbocycles. The Balaban J connectivity index is 1.51. The van der Waals surface area contributed by atoms with Gasteiger partial charge < -0.3 is 20.1 Å². The van der Waals surface area contributed by atoms with Crippen LogP contribution in [-0.4, -0.2) is 67.9 Å². The zero-order chi connectivity index (χ0) is 25.3. The average Bonchev–Trinajstić information content (AvgIpc) is 3.39. The molecular weight excluding hydrogens is 446 g/mol. The number of aliphatic hydroxyl groups excluding tert-OH is 1. The second-order valence-corrected chi connectivity index (χ2v) is 10.1. The molecule has 0 radical (unpaired) electrons. The van der Waals surface area contributed by atoms with E-state index in [-0.39, 0.29) is 24.6 Å². The zero-order valence-electron chi connectivity index (χ0n) is 21.0. The van der Waals surface area contributed by atoms with Gasteiger partial charge in [0.25, 0.3) is 5.91 Å². The van der Waals surface area contributed by atoms with Crippen molar-refractivity contribution in [2.45, 2.75) is 59.1 Å². The number of hydrogen-bond donors (Lipinski definition) is 2. The SMILES string of the molecule is Cc1cn2nc(-c3ccc(C(=O)NC4CCN(C(=O)OC(C)(C)C)C4)c(CCO)c3)cc(C)c2n1. The lowest BCUT2D eigenvalue weighted by atomic mass is 9.98. The van der Waals surface area contributed by atoms with Crippen LogP contribution in [0.1, 0.15) is 54.4 Å². The van der Waals surface area contributed by atoms with Crippen molar-refractivity contribution in [1.29, 1.82) is 0 Å². The molecule has 1 aliphatic rings. The smallest absolute Gasteiger partial charge is 0.410 e. The monoisotopic (exact) mass is 479 g/mol. The van der Waals surface area contributed by atoms with Crippen LogP contribution >= 0.6 is 0 Å². The third kappa shape index (κ3) is 5.62. The first-order valence-corrected chi connectivity index (χ1v) is 11.9. The van der Waals surface area contributed by atoms with E-state index in [0.29, 0.717) is 31.5 Å². The lowest BCUT2D eigenvalue weighted by molar-refractivity contribution is 0.0290. The Morgan fingerprint density at radius 2 is 2.00 bits per heavy atom. The summed E-state index contributed by atoms with van der Waals surface area (Å²) in [5.74, 6) is -0.221. The fraction of sp³-hybridized carbons (Fsp3) is 0.462. The van der Waals surface area contributed by atoms with Gasteiger partial charge in [0.2, 0.25) is 0 Å². The van der Waals surface area contributed by atoms with Crippen molar-refractivity contribution in [2.75, 3.05) is 19.7 Å². The Hall–Kier alpha value is -3.46. The van der Waals surface area contributed by atoms with Gasteiger partial charge in [0.05, 0.1) is 17.6 Å². The molecular formula is C26H33N5O4. The van der Waals surface area contributed by atoms with E-state index < -0.39 is 5.60 Å². The number of aromatic nitrogens is 3. The number of aryl methyl sites for hydroxylation is 2. The molecule has 3 aromatic rings. The number of rotatable bonds is 5. The molecule has 1 atom stereocenters. The Morgan fingerprint density at radius 1 is 1.23 bits per heavy atom. The number of fused-ring (bicyclic) bond motifs is 1. The van der Waals surface area contributed by atoms with Crippen molar-refractivity contribution < 1.29 is 19.4 Å². The van der Waals surface area contributed by atoms with Gasteiger partial charge in [-0.1, -0.05) is 6.07 Å². The van der Waals surface area contributed by atoms with Gasteiger partial charge in [0, 0.05) is 36.9 Å². The summed E-state index contributed by atoms with van der Waals surface area (Å²) in [5.41, 5.74) is 5.02. The van der Waals surface area contributed by atoms with Gasteiger partial charge in [0.1, 0.15) is 5.60 Å². The third-order valence-electron chi connectivity index (χ3n) is 5.93. The molecule has 1 saturated heterocycles. The summed E-state index contributed by atoms with van der Waals surface area (Å²) < 4.78 is 7.20. The molecule has 9 nitrogen and oxygen atoms in total. The topological polar surface area (TPSA) is 109 Å². The van der Waals surface area contributed by atoms with Crippen LogP contribution in [0, 0.1) is 13.8 Å². The molecule has 2 amide bonds. The Morgan fingerprint density at radius 3 is 2.71 bits per heavy atom. The van der Waals surface area contributed by atoms with Crippen LogP contribution in [0.5, 0.6) is 0 Å². The van der Waals surface area contributed by atoms with Crippen LogP contribution in [0.4, 0.5) is 4.79 Å². The largest absolute Gasteiger partial charge is 0.444 e. The number of carbonyl (C=O) groups excluding carboxylic acids is 2. The van der Waals surface area contributed by atoms with E-state index in [2.05, 4.69) is 15.4 Å². The van der Waals surface area contributed by atoms with Gasteiger partial charge in [0.15, 0.2) is 5.65 Å². The van der Waals surface area contributed by atoms with Crippen molar-refractivity contribution in [2.24, 2.45) is 0 Å². The highest BCUT2D eigenvalue weighted by Gasteiger charge is 2.31. The number of imidazole rings is 1. The summed E-state index contributed by atoms with van der Waals surface area (Å²) in [4.78, 5) is 31.6. The van der Waals surface area contributed by atoms with Gasteiger partial charge in [-0.15, -0.1) is 0 Å². The second kappa shape index (κ2) is 9.65. The molecule has 9 heteroatoms. The molecule has 186 valence electrons. The predicted octanol–water partition coefficient (Wildman–Crippen LogP) is 3.29. The van der Waals surface area contributed by atoms with Crippen molar-refractivity contribution in [3.63, 3.8) is 0 Å². The van der Waals surface area contributed by atoms with Crippen molar-refractivity contribution in [3.8, 4) is 11.3 Å². The molecule has 2 aromatic heterocycles. The maximum atomic E-state index is 13.1. The number of benzene rings is 1. The summed E-state index contributed by atoms with van der Waals surface area (Å²) in [6.45, 7) is 10.3. The molecule has 1 aliphatic heterocycles. The molecule has 0 saturated carbocycles. The Bertz CT molecular complexity index is 1260. The van der Waals surface area contributed by atoms with Crippen LogP contribution in [0.3, 0.4) is 0 Å². The quantitative estimate of drug-likeness (QED) is 0.581. The molecule has 0 spiro atoms.